The van der Waals surface area contributed by atoms with Gasteiger partial charge in [-0.1, -0.05) is 18.2 Å². The van der Waals surface area contributed by atoms with Crippen molar-refractivity contribution in [1.29, 1.82) is 0 Å². The molecule has 0 saturated heterocycles. The van der Waals surface area contributed by atoms with Crippen LogP contribution in [0.2, 0.25) is 0 Å². The molecule has 1 heterocycles. The van der Waals surface area contributed by atoms with E-state index in [4.69, 9.17) is 20.0 Å². The van der Waals surface area contributed by atoms with Crippen LogP contribution in [-0.4, -0.2) is 43.4 Å². The summed E-state index contributed by atoms with van der Waals surface area (Å²) in [5.41, 5.74) is 11.0. The number of nitrogens with zero attached hydrogens (tertiary/aromatic N) is 2. The van der Waals surface area contributed by atoms with Gasteiger partial charge in [0.1, 0.15) is 0 Å². The van der Waals surface area contributed by atoms with Crippen LogP contribution >= 0.6 is 19.6 Å². The predicted molar refractivity (Wildman–Crippen MR) is 127 cm³/mol. The third-order valence-electron chi connectivity index (χ3n) is 6.67. The molecule has 3 atom stereocenters. The summed E-state index contributed by atoms with van der Waals surface area (Å²) in [6.07, 6.45) is 12.1. The average molecular weight is 478 g/mol. The van der Waals surface area contributed by atoms with Crippen molar-refractivity contribution in [3.8, 4) is 0 Å². The number of phosphoric acid groups is 1. The van der Waals surface area contributed by atoms with E-state index in [1.54, 1.807) is 12.4 Å². The second-order valence-corrected chi connectivity index (χ2v) is 11.6. The Labute approximate surface area is 193 Å². The highest BCUT2D eigenvalue weighted by molar-refractivity contribution is 7.99. The minimum absolute atomic E-state index is 0.102. The highest BCUT2D eigenvalue weighted by Crippen LogP contribution is 2.44. The average Bonchev–Trinajstić information content (AvgIpc) is 3.18. The molecule has 2 aromatic rings. The molecule has 0 bridgehead atoms. The summed E-state index contributed by atoms with van der Waals surface area (Å²) in [4.78, 5) is 26.4. The zero-order chi connectivity index (χ0) is 22.6. The zero-order valence-corrected chi connectivity index (χ0v) is 19.9. The monoisotopic (exact) mass is 477 g/mol. The van der Waals surface area contributed by atoms with Crippen molar-refractivity contribution in [2.24, 2.45) is 11.7 Å². The smallest absolute Gasteiger partial charge is 0.323 e. The number of aromatic nitrogens is 2. The summed E-state index contributed by atoms with van der Waals surface area (Å²) in [5.74, 6) is 3.29. The summed E-state index contributed by atoms with van der Waals surface area (Å²) in [6.45, 7) is -0.102. The van der Waals surface area contributed by atoms with E-state index in [2.05, 4.69) is 28.2 Å². The van der Waals surface area contributed by atoms with Gasteiger partial charge in [0.05, 0.1) is 12.3 Å². The Morgan fingerprint density at radius 1 is 1.25 bits per heavy atom. The van der Waals surface area contributed by atoms with Crippen molar-refractivity contribution < 1.29 is 18.9 Å². The van der Waals surface area contributed by atoms with Crippen LogP contribution in [0, 0.1) is 5.92 Å². The molecule has 7 nitrogen and oxygen atoms in total. The van der Waals surface area contributed by atoms with Crippen molar-refractivity contribution in [2.75, 3.05) is 18.1 Å². The number of nitrogens with two attached hydrogens (primary N) is 1. The van der Waals surface area contributed by atoms with Gasteiger partial charge >= 0.3 is 7.82 Å². The second-order valence-electron chi connectivity index (χ2n) is 9.22. The Kier molecular flexibility index (Phi) is 7.70. The maximum Gasteiger partial charge on any atom is 0.469 e. The molecule has 1 fully saturated rings. The van der Waals surface area contributed by atoms with Crippen LogP contribution in [0.1, 0.15) is 54.0 Å². The SMILES string of the molecule is N[C@]1(COP(=O)(O)O)CC[C@H](c2ccc3c(c2)CC[C@H](CSCCc2cnccn2)C3)C1. The van der Waals surface area contributed by atoms with Crippen LogP contribution in [0.4, 0.5) is 0 Å². The molecule has 0 amide bonds. The molecule has 32 heavy (non-hydrogen) atoms. The minimum Gasteiger partial charge on any atom is -0.323 e. The van der Waals surface area contributed by atoms with E-state index >= 15 is 0 Å². The lowest BCUT2D eigenvalue weighted by Crippen LogP contribution is -2.41. The maximum atomic E-state index is 11.0. The van der Waals surface area contributed by atoms with E-state index in [-0.39, 0.29) is 6.61 Å². The van der Waals surface area contributed by atoms with Crippen LogP contribution in [0.5, 0.6) is 0 Å². The summed E-state index contributed by atoms with van der Waals surface area (Å²) in [6, 6.07) is 6.85. The first kappa shape index (κ1) is 23.9. The van der Waals surface area contributed by atoms with Crippen molar-refractivity contribution in [3.63, 3.8) is 0 Å². The van der Waals surface area contributed by atoms with Gasteiger partial charge in [-0.05, 0) is 78.6 Å². The Morgan fingerprint density at radius 2 is 2.12 bits per heavy atom. The van der Waals surface area contributed by atoms with E-state index in [9.17, 15) is 4.57 Å². The first-order valence-corrected chi connectivity index (χ1v) is 13.9. The quantitative estimate of drug-likeness (QED) is 0.370. The Bertz CT molecular complexity index is 958. The molecule has 9 heteroatoms. The number of thioether (sulfide) groups is 1. The van der Waals surface area contributed by atoms with Gasteiger partial charge in [0.2, 0.25) is 0 Å². The largest absolute Gasteiger partial charge is 0.469 e. The Morgan fingerprint density at radius 3 is 2.91 bits per heavy atom. The van der Waals surface area contributed by atoms with Crippen LogP contribution in [0.15, 0.2) is 36.8 Å². The molecule has 2 aliphatic carbocycles. The fraction of sp³-hybridized carbons (Fsp3) is 0.565. The standard InChI is InChI=1S/C23H32N3O4PS/c24-23(16-30-31(27,28)29)7-5-21(13-23)20-4-3-18-11-17(1-2-19(18)12-20)15-32-10-6-22-14-25-8-9-26-22/h3-4,8-9,12,14,17,21H,1-2,5-7,10-11,13,15-16,24H2,(H2,27,28,29)/t17-,21-,23+/m0/s1. The van der Waals surface area contributed by atoms with Crippen LogP contribution in [-0.2, 0) is 28.4 Å². The molecule has 4 N–H and O–H groups in total. The summed E-state index contributed by atoms with van der Waals surface area (Å²) < 4.78 is 15.7. The second kappa shape index (κ2) is 10.3. The number of hydrogen-bond donors (Lipinski definition) is 3. The van der Waals surface area contributed by atoms with Gasteiger partial charge < -0.3 is 15.5 Å². The maximum absolute atomic E-state index is 11.0. The number of phosphoric ester groups is 1. The normalized spacial score (nSPS) is 25.6. The number of fused-ring (bicyclic) bond motifs is 1. The van der Waals surface area contributed by atoms with Crippen molar-refractivity contribution in [2.45, 2.75) is 56.4 Å². The van der Waals surface area contributed by atoms with Gasteiger partial charge in [-0.3, -0.25) is 14.5 Å². The summed E-state index contributed by atoms with van der Waals surface area (Å²) >= 11 is 2.01. The Hall–Kier alpha value is -1.28. The lowest BCUT2D eigenvalue weighted by Gasteiger charge is -2.26. The predicted octanol–water partition coefficient (Wildman–Crippen LogP) is 3.63. The summed E-state index contributed by atoms with van der Waals surface area (Å²) in [7, 11) is -4.49. The molecule has 0 radical (unpaired) electrons. The van der Waals surface area contributed by atoms with Gasteiger partial charge in [-0.2, -0.15) is 11.8 Å². The Balaban J connectivity index is 1.26. The van der Waals surface area contributed by atoms with E-state index in [0.717, 1.165) is 37.1 Å². The number of aryl methyl sites for hydroxylation is 2. The highest BCUT2D eigenvalue weighted by atomic mass is 32.2. The zero-order valence-electron chi connectivity index (χ0n) is 18.2. The molecule has 2 aliphatic rings. The first-order chi connectivity index (χ1) is 15.3. The molecule has 0 unspecified atom stereocenters. The van der Waals surface area contributed by atoms with Gasteiger partial charge in [-0.25, -0.2) is 4.57 Å². The van der Waals surface area contributed by atoms with Gasteiger partial charge in [0.25, 0.3) is 0 Å². The molecule has 0 spiro atoms. The fourth-order valence-corrected chi connectivity index (χ4v) is 6.48. The molecule has 0 aliphatic heterocycles. The van der Waals surface area contributed by atoms with Crippen LogP contribution in [0.3, 0.4) is 0 Å². The van der Waals surface area contributed by atoms with E-state index in [1.165, 1.54) is 28.9 Å². The molecule has 4 rings (SSSR count). The minimum atomic E-state index is -4.49. The van der Waals surface area contributed by atoms with E-state index < -0.39 is 13.4 Å². The molecule has 174 valence electrons. The molecule has 1 aromatic carbocycles. The number of hydrogen-bond acceptors (Lipinski definition) is 6. The number of rotatable bonds is 9. The van der Waals surface area contributed by atoms with E-state index in [1.807, 2.05) is 18.0 Å². The van der Waals surface area contributed by atoms with Crippen LogP contribution in [0.25, 0.3) is 0 Å². The van der Waals surface area contributed by atoms with Gasteiger partial charge in [0, 0.05) is 30.6 Å². The lowest BCUT2D eigenvalue weighted by atomic mass is 9.82. The van der Waals surface area contributed by atoms with Crippen molar-refractivity contribution in [1.82, 2.24) is 9.97 Å². The number of benzene rings is 1. The summed E-state index contributed by atoms with van der Waals surface area (Å²) in [5, 5.41) is 0. The van der Waals surface area contributed by atoms with E-state index in [0.29, 0.717) is 24.7 Å². The van der Waals surface area contributed by atoms with Crippen molar-refractivity contribution in [3.05, 3.63) is 59.2 Å². The molecular formula is C23H32N3O4PS. The molecule has 1 saturated carbocycles. The first-order valence-electron chi connectivity index (χ1n) is 11.2. The van der Waals surface area contributed by atoms with Crippen LogP contribution < -0.4 is 5.73 Å². The fourth-order valence-electron chi connectivity index (χ4n) is 4.92. The molecule has 1 aromatic heterocycles. The third kappa shape index (κ3) is 6.62. The lowest BCUT2D eigenvalue weighted by molar-refractivity contribution is 0.153. The molecular weight excluding hydrogens is 445 g/mol. The van der Waals surface area contributed by atoms with Gasteiger partial charge in [0.15, 0.2) is 0 Å². The highest BCUT2D eigenvalue weighted by Gasteiger charge is 2.38. The topological polar surface area (TPSA) is 119 Å². The third-order valence-corrected chi connectivity index (χ3v) is 8.33. The van der Waals surface area contributed by atoms with Crippen molar-refractivity contribution >= 4 is 19.6 Å². The van der Waals surface area contributed by atoms with Gasteiger partial charge in [-0.15, -0.1) is 0 Å².